The van der Waals surface area contributed by atoms with Crippen molar-refractivity contribution >= 4 is 29.8 Å². The van der Waals surface area contributed by atoms with E-state index in [1.165, 1.54) is 11.1 Å². The lowest BCUT2D eigenvalue weighted by atomic mass is 10.1. The van der Waals surface area contributed by atoms with E-state index in [0.717, 1.165) is 13.8 Å². The number of aliphatic carboxylic acids is 1. The SMILES string of the molecule is CC(=O)O[C@@H]1[C@H](OC(C)=O)[C@@H](COC(=O)/C=C/C(=O)O)O[C@H]1N1C=CCC(C(N)=O)=C1. The monoisotopic (exact) mass is 438 g/mol. The molecule has 1 fully saturated rings. The summed E-state index contributed by atoms with van der Waals surface area (Å²) in [6.07, 6.45) is 1.85. The van der Waals surface area contributed by atoms with Gasteiger partial charge in [0.05, 0.1) is 0 Å². The summed E-state index contributed by atoms with van der Waals surface area (Å²) in [5, 5.41) is 8.57. The second-order valence-corrected chi connectivity index (χ2v) is 6.57. The quantitative estimate of drug-likeness (QED) is 0.280. The van der Waals surface area contributed by atoms with Crippen LogP contribution in [0, 0.1) is 0 Å². The second kappa shape index (κ2) is 10.4. The normalized spacial score (nSPS) is 25.1. The molecule has 0 saturated carbocycles. The Bertz CT molecular complexity index is 847. The van der Waals surface area contributed by atoms with Crippen LogP contribution in [0.5, 0.6) is 0 Å². The van der Waals surface area contributed by atoms with Crippen molar-refractivity contribution in [2.45, 2.75) is 44.8 Å². The summed E-state index contributed by atoms with van der Waals surface area (Å²) in [5.41, 5.74) is 5.59. The summed E-state index contributed by atoms with van der Waals surface area (Å²) in [4.78, 5) is 58.4. The van der Waals surface area contributed by atoms with Crippen LogP contribution >= 0.6 is 0 Å². The van der Waals surface area contributed by atoms with E-state index in [-0.39, 0.29) is 5.57 Å². The van der Waals surface area contributed by atoms with E-state index >= 15 is 0 Å². The molecule has 2 aliphatic heterocycles. The number of amides is 1. The largest absolute Gasteiger partial charge is 0.478 e. The molecule has 3 N–H and O–H groups in total. The van der Waals surface area contributed by atoms with Crippen LogP contribution in [-0.2, 0) is 42.9 Å². The summed E-state index contributed by atoms with van der Waals surface area (Å²) in [7, 11) is 0. The average molecular weight is 438 g/mol. The summed E-state index contributed by atoms with van der Waals surface area (Å²) < 4.78 is 21.4. The number of ether oxygens (including phenoxy) is 4. The predicted molar refractivity (Wildman–Crippen MR) is 100 cm³/mol. The van der Waals surface area contributed by atoms with E-state index in [2.05, 4.69) is 0 Å². The lowest BCUT2D eigenvalue weighted by Gasteiger charge is -2.30. The number of esters is 3. The molecule has 12 nitrogen and oxygen atoms in total. The van der Waals surface area contributed by atoms with Crippen LogP contribution in [0.3, 0.4) is 0 Å². The molecule has 0 aromatic heterocycles. The minimum Gasteiger partial charge on any atom is -0.478 e. The van der Waals surface area contributed by atoms with Gasteiger partial charge in [-0.1, -0.05) is 6.08 Å². The van der Waals surface area contributed by atoms with Gasteiger partial charge >= 0.3 is 23.9 Å². The number of primary amides is 1. The third-order valence-electron chi connectivity index (χ3n) is 4.17. The standard InChI is InChI=1S/C19H22N2O10/c1-10(22)29-16-13(9-28-15(26)6-5-14(24)25)31-19(17(16)30-11(2)23)21-7-3-4-12(8-21)18(20)27/h3,5-8,13,16-17,19H,4,9H2,1-2H3,(H2,20,27)(H,24,25)/b6-5+/t13-,16-,17-,19-/m1/s1. The number of hydrogen-bond acceptors (Lipinski definition) is 10. The highest BCUT2D eigenvalue weighted by molar-refractivity contribution is 5.92. The molecule has 2 heterocycles. The van der Waals surface area contributed by atoms with Gasteiger partial charge in [-0.05, 0) is 6.42 Å². The van der Waals surface area contributed by atoms with Crippen molar-refractivity contribution in [1.29, 1.82) is 0 Å². The Labute approximate surface area is 176 Å². The first-order valence-corrected chi connectivity index (χ1v) is 9.10. The smallest absolute Gasteiger partial charge is 0.331 e. The molecule has 0 aromatic rings. The highest BCUT2D eigenvalue weighted by Gasteiger charge is 2.51. The number of carbonyl (C=O) groups excluding carboxylic acids is 4. The molecule has 1 saturated heterocycles. The van der Waals surface area contributed by atoms with E-state index in [1.807, 2.05) is 0 Å². The second-order valence-electron chi connectivity index (χ2n) is 6.57. The van der Waals surface area contributed by atoms with Crippen LogP contribution in [0.15, 0.2) is 36.2 Å². The molecule has 0 bridgehead atoms. The number of nitrogens with zero attached hydrogens (tertiary/aromatic N) is 1. The number of allylic oxidation sites excluding steroid dienone is 1. The molecule has 0 aliphatic carbocycles. The summed E-state index contributed by atoms with van der Waals surface area (Å²) in [5.74, 6) is -4.33. The average Bonchev–Trinajstić information content (AvgIpc) is 3.01. The van der Waals surface area contributed by atoms with Gasteiger partial charge in [0.2, 0.25) is 5.91 Å². The molecule has 4 atom stereocenters. The number of carboxylic acids is 1. The van der Waals surface area contributed by atoms with Crippen molar-refractivity contribution in [2.75, 3.05) is 6.61 Å². The zero-order valence-corrected chi connectivity index (χ0v) is 16.8. The van der Waals surface area contributed by atoms with Crippen LogP contribution in [0.2, 0.25) is 0 Å². The first kappa shape index (κ1) is 23.6. The molecule has 2 aliphatic rings. The third kappa shape index (κ3) is 6.67. The Morgan fingerprint density at radius 2 is 1.81 bits per heavy atom. The van der Waals surface area contributed by atoms with Crippen molar-refractivity contribution in [1.82, 2.24) is 4.90 Å². The van der Waals surface area contributed by atoms with Gasteiger partial charge in [-0.25, -0.2) is 9.59 Å². The van der Waals surface area contributed by atoms with E-state index in [0.29, 0.717) is 18.6 Å². The minimum absolute atomic E-state index is 0.269. The topological polar surface area (TPSA) is 172 Å². The highest BCUT2D eigenvalue weighted by Crippen LogP contribution is 2.31. The van der Waals surface area contributed by atoms with Crippen molar-refractivity contribution in [3.05, 3.63) is 36.2 Å². The number of carbonyl (C=O) groups is 5. The van der Waals surface area contributed by atoms with Gasteiger partial charge in [-0.2, -0.15) is 0 Å². The maximum Gasteiger partial charge on any atom is 0.331 e. The Kier molecular flexibility index (Phi) is 7.91. The zero-order valence-electron chi connectivity index (χ0n) is 16.8. The van der Waals surface area contributed by atoms with Crippen LogP contribution < -0.4 is 5.73 Å². The van der Waals surface area contributed by atoms with Crippen molar-refractivity contribution in [3.63, 3.8) is 0 Å². The van der Waals surface area contributed by atoms with Crippen LogP contribution in [0.25, 0.3) is 0 Å². The fraction of sp³-hybridized carbons (Fsp3) is 0.421. The number of rotatable bonds is 8. The highest BCUT2D eigenvalue weighted by atomic mass is 16.7. The van der Waals surface area contributed by atoms with Gasteiger partial charge in [-0.3, -0.25) is 14.4 Å². The maximum atomic E-state index is 11.7. The maximum absolute atomic E-state index is 11.7. The third-order valence-corrected chi connectivity index (χ3v) is 4.17. The molecule has 168 valence electrons. The van der Waals surface area contributed by atoms with Crippen LogP contribution in [-0.4, -0.2) is 70.9 Å². The van der Waals surface area contributed by atoms with Gasteiger partial charge in [0.1, 0.15) is 12.7 Å². The van der Waals surface area contributed by atoms with Gasteiger partial charge in [0, 0.05) is 44.0 Å². The van der Waals surface area contributed by atoms with E-state index in [9.17, 15) is 24.0 Å². The van der Waals surface area contributed by atoms with Crippen LogP contribution in [0.1, 0.15) is 20.3 Å². The first-order valence-electron chi connectivity index (χ1n) is 9.10. The molecule has 0 spiro atoms. The molecule has 0 radical (unpaired) electrons. The fourth-order valence-corrected chi connectivity index (χ4v) is 2.98. The molecule has 2 rings (SSSR count). The van der Waals surface area contributed by atoms with Gasteiger partial charge in [-0.15, -0.1) is 0 Å². The zero-order chi connectivity index (χ0) is 23.1. The molecule has 31 heavy (non-hydrogen) atoms. The molecular formula is C19H22N2O10. The van der Waals surface area contributed by atoms with Gasteiger partial charge in [0.25, 0.3) is 0 Å². The lowest BCUT2D eigenvalue weighted by Crippen LogP contribution is -2.45. The van der Waals surface area contributed by atoms with E-state index in [1.54, 1.807) is 12.3 Å². The number of hydrogen-bond donors (Lipinski definition) is 2. The molecule has 12 heteroatoms. The van der Waals surface area contributed by atoms with Gasteiger partial charge < -0.3 is 34.7 Å². The Morgan fingerprint density at radius 1 is 1.16 bits per heavy atom. The lowest BCUT2D eigenvalue weighted by molar-refractivity contribution is -0.166. The predicted octanol–water partition coefficient (Wildman–Crippen LogP) is -0.653. The Balaban J connectivity index is 2.27. The summed E-state index contributed by atoms with van der Waals surface area (Å²) in [6, 6.07) is 0. The minimum atomic E-state index is -1.34. The van der Waals surface area contributed by atoms with Crippen molar-refractivity contribution in [3.8, 4) is 0 Å². The Morgan fingerprint density at radius 3 is 2.39 bits per heavy atom. The van der Waals surface area contributed by atoms with Gasteiger partial charge in [0.15, 0.2) is 18.4 Å². The number of carboxylic acid groups (broad SMARTS) is 1. The molecule has 1 amide bonds. The molecule has 0 aromatic carbocycles. The first-order chi connectivity index (χ1) is 14.6. The Hall–Kier alpha value is -3.67. The number of nitrogens with two attached hydrogens (primary N) is 1. The molecule has 0 unspecified atom stereocenters. The van der Waals surface area contributed by atoms with Crippen LogP contribution in [0.4, 0.5) is 0 Å². The van der Waals surface area contributed by atoms with E-state index < -0.39 is 60.9 Å². The van der Waals surface area contributed by atoms with Crippen molar-refractivity contribution < 1.29 is 48.0 Å². The fourth-order valence-electron chi connectivity index (χ4n) is 2.98. The molecular weight excluding hydrogens is 416 g/mol. The van der Waals surface area contributed by atoms with Crippen molar-refractivity contribution in [2.24, 2.45) is 5.73 Å². The van der Waals surface area contributed by atoms with E-state index in [4.69, 9.17) is 29.8 Å². The summed E-state index contributed by atoms with van der Waals surface area (Å²) in [6.45, 7) is 1.87. The summed E-state index contributed by atoms with van der Waals surface area (Å²) >= 11 is 0.